The van der Waals surface area contributed by atoms with Gasteiger partial charge >= 0.3 is 0 Å². The molecule has 1 aliphatic rings. The average molecular weight is 324 g/mol. The number of thioether (sulfide) groups is 1. The second-order valence-corrected chi connectivity index (χ2v) is 8.35. The van der Waals surface area contributed by atoms with Crippen molar-refractivity contribution >= 4 is 34.4 Å². The van der Waals surface area contributed by atoms with Gasteiger partial charge < -0.3 is 5.32 Å². The molecule has 108 valence electrons. The Bertz CT molecular complexity index is 518. The van der Waals surface area contributed by atoms with E-state index in [-0.39, 0.29) is 0 Å². The third-order valence-electron chi connectivity index (χ3n) is 4.00. The molecule has 2 aromatic heterocycles. The van der Waals surface area contributed by atoms with Gasteiger partial charge in [-0.1, -0.05) is 18.9 Å². The lowest BCUT2D eigenvalue weighted by atomic mass is 9.95. The molecule has 0 aliphatic heterocycles. The minimum Gasteiger partial charge on any atom is -0.308 e. The van der Waals surface area contributed by atoms with Gasteiger partial charge in [0.25, 0.3) is 0 Å². The summed E-state index contributed by atoms with van der Waals surface area (Å²) in [5.41, 5.74) is 1.38. The van der Waals surface area contributed by atoms with E-state index in [9.17, 15) is 0 Å². The van der Waals surface area contributed by atoms with Crippen molar-refractivity contribution in [1.29, 1.82) is 0 Å². The zero-order valence-electron chi connectivity index (χ0n) is 11.8. The molecule has 1 fully saturated rings. The number of rotatable bonds is 5. The van der Waals surface area contributed by atoms with Crippen LogP contribution in [0.5, 0.6) is 0 Å². The number of thiophene rings is 2. The van der Waals surface area contributed by atoms with E-state index in [1.807, 2.05) is 34.4 Å². The predicted molar refractivity (Wildman–Crippen MR) is 94.0 cm³/mol. The van der Waals surface area contributed by atoms with E-state index >= 15 is 0 Å². The summed E-state index contributed by atoms with van der Waals surface area (Å²) in [6.45, 7) is 1.03. The SMILES string of the molecule is CSC1CCCCC1NCc1cc(-c2cccs2)cs1. The third kappa shape index (κ3) is 3.48. The molecule has 0 aromatic carbocycles. The van der Waals surface area contributed by atoms with Crippen molar-refractivity contribution in [2.24, 2.45) is 0 Å². The van der Waals surface area contributed by atoms with Crippen molar-refractivity contribution in [3.63, 3.8) is 0 Å². The standard InChI is InChI=1S/C16H21NS3/c1-18-16-6-3-2-5-14(16)17-10-13-9-12(11-20-13)15-7-4-8-19-15/h4,7-9,11,14,16-17H,2-3,5-6,10H2,1H3. The molecule has 2 atom stereocenters. The van der Waals surface area contributed by atoms with Gasteiger partial charge in [-0.15, -0.1) is 22.7 Å². The Morgan fingerprint density at radius 2 is 2.20 bits per heavy atom. The van der Waals surface area contributed by atoms with Gasteiger partial charge in [0.1, 0.15) is 0 Å². The second-order valence-electron chi connectivity index (χ2n) is 5.33. The molecule has 1 aliphatic carbocycles. The fourth-order valence-corrected chi connectivity index (χ4v) is 5.48. The summed E-state index contributed by atoms with van der Waals surface area (Å²) in [4.78, 5) is 2.84. The summed E-state index contributed by atoms with van der Waals surface area (Å²) >= 11 is 5.74. The molecule has 3 rings (SSSR count). The number of hydrogen-bond donors (Lipinski definition) is 1. The van der Waals surface area contributed by atoms with Crippen LogP contribution in [0.1, 0.15) is 30.6 Å². The maximum atomic E-state index is 3.79. The van der Waals surface area contributed by atoms with Gasteiger partial charge in [0, 0.05) is 33.2 Å². The number of nitrogens with one attached hydrogen (secondary N) is 1. The lowest BCUT2D eigenvalue weighted by Crippen LogP contribution is -2.39. The van der Waals surface area contributed by atoms with Crippen LogP contribution in [0.25, 0.3) is 10.4 Å². The van der Waals surface area contributed by atoms with Crippen molar-refractivity contribution < 1.29 is 0 Å². The highest BCUT2D eigenvalue weighted by molar-refractivity contribution is 7.99. The van der Waals surface area contributed by atoms with Gasteiger partial charge in [-0.25, -0.2) is 0 Å². The minimum absolute atomic E-state index is 0.700. The first kappa shape index (κ1) is 14.6. The molecular formula is C16H21NS3. The van der Waals surface area contributed by atoms with Gasteiger partial charge in [0.15, 0.2) is 0 Å². The van der Waals surface area contributed by atoms with Gasteiger partial charge in [0.05, 0.1) is 0 Å². The molecule has 1 nitrogen and oxygen atoms in total. The van der Waals surface area contributed by atoms with E-state index in [4.69, 9.17) is 0 Å². The Hall–Kier alpha value is -0.290. The Morgan fingerprint density at radius 1 is 1.30 bits per heavy atom. The second kappa shape index (κ2) is 7.12. The fraction of sp³-hybridized carbons (Fsp3) is 0.500. The molecule has 2 heterocycles. The summed E-state index contributed by atoms with van der Waals surface area (Å²) in [5, 5.41) is 9.03. The van der Waals surface area contributed by atoms with Gasteiger partial charge in [-0.3, -0.25) is 0 Å². The highest BCUT2D eigenvalue weighted by Gasteiger charge is 2.23. The summed E-state index contributed by atoms with van der Waals surface area (Å²) in [6.07, 6.45) is 7.77. The van der Waals surface area contributed by atoms with Gasteiger partial charge in [-0.05, 0) is 42.0 Å². The van der Waals surface area contributed by atoms with E-state index in [1.54, 1.807) is 0 Å². The molecule has 2 aromatic rings. The maximum Gasteiger partial charge on any atom is 0.0351 e. The van der Waals surface area contributed by atoms with Crippen LogP contribution in [-0.4, -0.2) is 17.5 Å². The van der Waals surface area contributed by atoms with Crippen LogP contribution in [-0.2, 0) is 6.54 Å². The lowest BCUT2D eigenvalue weighted by molar-refractivity contribution is 0.384. The molecule has 0 saturated heterocycles. The highest BCUT2D eigenvalue weighted by Crippen LogP contribution is 2.30. The van der Waals surface area contributed by atoms with Crippen LogP contribution in [0.15, 0.2) is 29.0 Å². The van der Waals surface area contributed by atoms with Crippen LogP contribution in [0.4, 0.5) is 0 Å². The first-order valence-electron chi connectivity index (χ1n) is 7.24. The third-order valence-corrected chi connectivity index (χ3v) is 7.03. The summed E-state index contributed by atoms with van der Waals surface area (Å²) in [6, 6.07) is 7.38. The van der Waals surface area contributed by atoms with Gasteiger partial charge in [-0.2, -0.15) is 11.8 Å². The Kier molecular flexibility index (Phi) is 5.21. The normalized spacial score (nSPS) is 23.1. The van der Waals surface area contributed by atoms with Crippen molar-refractivity contribution in [2.45, 2.75) is 43.5 Å². The zero-order valence-corrected chi connectivity index (χ0v) is 14.3. The van der Waals surface area contributed by atoms with E-state index in [1.165, 1.54) is 41.0 Å². The van der Waals surface area contributed by atoms with Crippen LogP contribution >= 0.6 is 34.4 Å². The highest BCUT2D eigenvalue weighted by atomic mass is 32.2. The summed E-state index contributed by atoms with van der Waals surface area (Å²) in [5.74, 6) is 0. The average Bonchev–Trinajstić information content (AvgIpc) is 3.16. The molecule has 0 spiro atoms. The van der Waals surface area contributed by atoms with E-state index in [2.05, 4.69) is 40.5 Å². The molecule has 0 radical (unpaired) electrons. The lowest BCUT2D eigenvalue weighted by Gasteiger charge is -2.31. The van der Waals surface area contributed by atoms with Gasteiger partial charge in [0.2, 0.25) is 0 Å². The van der Waals surface area contributed by atoms with E-state index in [0.717, 1.165) is 11.8 Å². The van der Waals surface area contributed by atoms with Crippen LogP contribution in [0.3, 0.4) is 0 Å². The Morgan fingerprint density at radius 3 is 3.00 bits per heavy atom. The molecule has 4 heteroatoms. The first-order chi connectivity index (χ1) is 9.86. The number of hydrogen-bond acceptors (Lipinski definition) is 4. The zero-order chi connectivity index (χ0) is 13.8. The molecule has 2 unspecified atom stereocenters. The maximum absolute atomic E-state index is 3.79. The summed E-state index contributed by atoms with van der Waals surface area (Å²) < 4.78 is 0. The molecule has 0 amide bonds. The van der Waals surface area contributed by atoms with E-state index in [0.29, 0.717) is 6.04 Å². The van der Waals surface area contributed by atoms with E-state index < -0.39 is 0 Å². The molecule has 1 saturated carbocycles. The van der Waals surface area contributed by atoms with Crippen molar-refractivity contribution in [1.82, 2.24) is 5.32 Å². The molecular weight excluding hydrogens is 302 g/mol. The van der Waals surface area contributed by atoms with Crippen molar-refractivity contribution in [2.75, 3.05) is 6.26 Å². The van der Waals surface area contributed by atoms with Crippen LogP contribution in [0.2, 0.25) is 0 Å². The van der Waals surface area contributed by atoms with Crippen molar-refractivity contribution in [3.8, 4) is 10.4 Å². The minimum atomic E-state index is 0.700. The summed E-state index contributed by atoms with van der Waals surface area (Å²) in [7, 11) is 0. The quantitative estimate of drug-likeness (QED) is 0.807. The Balaban J connectivity index is 1.58. The molecule has 1 N–H and O–H groups in total. The fourth-order valence-electron chi connectivity index (χ4n) is 2.89. The van der Waals surface area contributed by atoms with Crippen LogP contribution < -0.4 is 5.32 Å². The topological polar surface area (TPSA) is 12.0 Å². The van der Waals surface area contributed by atoms with Crippen LogP contribution in [0, 0.1) is 0 Å². The smallest absolute Gasteiger partial charge is 0.0351 e. The largest absolute Gasteiger partial charge is 0.308 e. The Labute approximate surface area is 133 Å². The molecule has 20 heavy (non-hydrogen) atoms. The van der Waals surface area contributed by atoms with Crippen molar-refractivity contribution in [3.05, 3.63) is 33.8 Å². The molecule has 0 bridgehead atoms. The first-order valence-corrected chi connectivity index (χ1v) is 10.3. The predicted octanol–water partition coefficient (Wildman–Crippen LogP) is 5.24. The monoisotopic (exact) mass is 323 g/mol.